The third-order valence-corrected chi connectivity index (χ3v) is 5.06. The van der Waals surface area contributed by atoms with E-state index in [1.54, 1.807) is 29.4 Å². The molecule has 1 unspecified atom stereocenters. The number of hydrogen-bond acceptors (Lipinski definition) is 4. The van der Waals surface area contributed by atoms with Crippen molar-refractivity contribution in [2.75, 3.05) is 13.1 Å². The minimum Gasteiger partial charge on any atom is -0.368 e. The fraction of sp³-hybridized carbons (Fsp3) is 0.300. The third-order valence-electron chi connectivity index (χ3n) is 5.06. The summed E-state index contributed by atoms with van der Waals surface area (Å²) in [6, 6.07) is 7.49. The van der Waals surface area contributed by atoms with Crippen molar-refractivity contribution in [2.45, 2.75) is 25.3 Å². The normalized spacial score (nSPS) is 16.9. The van der Waals surface area contributed by atoms with Gasteiger partial charge in [-0.2, -0.15) is 0 Å². The van der Waals surface area contributed by atoms with Crippen LogP contribution >= 0.6 is 0 Å². The largest absolute Gasteiger partial charge is 0.368 e. The lowest BCUT2D eigenvalue weighted by Gasteiger charge is -2.33. The van der Waals surface area contributed by atoms with Gasteiger partial charge in [-0.1, -0.05) is 18.2 Å². The number of aromatic amines is 1. The van der Waals surface area contributed by atoms with Gasteiger partial charge < -0.3 is 20.2 Å². The molecule has 1 atom stereocenters. The summed E-state index contributed by atoms with van der Waals surface area (Å²) in [5.74, 6) is 1.12. The Morgan fingerprint density at radius 2 is 2.07 bits per heavy atom. The number of rotatable bonds is 5. The molecule has 1 aliphatic rings. The predicted molar refractivity (Wildman–Crippen MR) is 103 cm³/mol. The lowest BCUT2D eigenvalue weighted by Crippen LogP contribution is -2.40. The van der Waals surface area contributed by atoms with Gasteiger partial charge in [0.2, 0.25) is 5.91 Å². The zero-order chi connectivity index (χ0) is 19.5. The number of H-pyrrole nitrogens is 1. The lowest BCUT2D eigenvalue weighted by molar-refractivity contribution is -0.118. The molecule has 2 amide bonds. The van der Waals surface area contributed by atoms with Crippen LogP contribution in [0.15, 0.2) is 49.1 Å². The second kappa shape index (κ2) is 7.67. The quantitative estimate of drug-likeness (QED) is 0.705. The van der Waals surface area contributed by atoms with Gasteiger partial charge in [-0.3, -0.25) is 9.59 Å². The Bertz CT molecular complexity index is 978. The van der Waals surface area contributed by atoms with E-state index >= 15 is 0 Å². The smallest absolute Gasteiger partial charge is 0.254 e. The van der Waals surface area contributed by atoms with E-state index < -0.39 is 5.91 Å². The van der Waals surface area contributed by atoms with E-state index in [0.717, 1.165) is 24.2 Å². The topological polar surface area (TPSA) is 110 Å². The van der Waals surface area contributed by atoms with Crippen LogP contribution in [-0.4, -0.2) is 49.3 Å². The predicted octanol–water partition coefficient (Wildman–Crippen LogP) is 1.78. The molecule has 1 fully saturated rings. The van der Waals surface area contributed by atoms with Crippen LogP contribution in [0, 0.1) is 0 Å². The number of likely N-dealkylation sites (tertiary alicyclic amines) is 1. The van der Waals surface area contributed by atoms with E-state index in [1.807, 2.05) is 29.2 Å². The van der Waals surface area contributed by atoms with Crippen molar-refractivity contribution in [1.82, 2.24) is 24.4 Å². The number of benzene rings is 1. The van der Waals surface area contributed by atoms with Gasteiger partial charge in [0.25, 0.3) is 5.91 Å². The number of nitrogens with zero attached hydrogens (tertiary/aromatic N) is 4. The molecule has 3 aromatic rings. The number of nitrogens with two attached hydrogens (primary N) is 1. The van der Waals surface area contributed by atoms with Gasteiger partial charge in [-0.25, -0.2) is 9.97 Å². The van der Waals surface area contributed by atoms with Crippen LogP contribution < -0.4 is 5.73 Å². The van der Waals surface area contributed by atoms with E-state index in [4.69, 9.17) is 5.73 Å². The Kier molecular flexibility index (Phi) is 4.92. The molecule has 0 bridgehead atoms. The van der Waals surface area contributed by atoms with Crippen molar-refractivity contribution in [2.24, 2.45) is 5.73 Å². The molecule has 0 spiro atoms. The Balaban J connectivity index is 1.57. The first-order valence-electron chi connectivity index (χ1n) is 9.31. The Morgan fingerprint density at radius 1 is 1.21 bits per heavy atom. The molecular weight excluding hydrogens is 356 g/mol. The Hall–Kier alpha value is -3.42. The minimum absolute atomic E-state index is 0.0234. The lowest BCUT2D eigenvalue weighted by atomic mass is 9.95. The molecule has 1 saturated heterocycles. The van der Waals surface area contributed by atoms with Crippen LogP contribution in [0.5, 0.6) is 0 Å². The SMILES string of the molecule is NC(=O)Cn1ccnc1C1CCCN(C(=O)c2ccccc2-c2ncc[nH]2)C1. The zero-order valence-electron chi connectivity index (χ0n) is 15.4. The van der Waals surface area contributed by atoms with E-state index in [0.29, 0.717) is 24.5 Å². The number of aromatic nitrogens is 4. The molecule has 0 saturated carbocycles. The number of imidazole rings is 2. The van der Waals surface area contributed by atoms with Crippen LogP contribution in [-0.2, 0) is 11.3 Å². The second-order valence-corrected chi connectivity index (χ2v) is 6.95. The van der Waals surface area contributed by atoms with Gasteiger partial charge in [0, 0.05) is 49.4 Å². The number of hydrogen-bond donors (Lipinski definition) is 2. The Labute approximate surface area is 162 Å². The van der Waals surface area contributed by atoms with Crippen molar-refractivity contribution in [1.29, 1.82) is 0 Å². The van der Waals surface area contributed by atoms with Crippen molar-refractivity contribution < 1.29 is 9.59 Å². The average Bonchev–Trinajstić information content (AvgIpc) is 3.39. The van der Waals surface area contributed by atoms with E-state index in [2.05, 4.69) is 15.0 Å². The highest BCUT2D eigenvalue weighted by Crippen LogP contribution is 2.28. The van der Waals surface area contributed by atoms with Crippen molar-refractivity contribution in [3.8, 4) is 11.4 Å². The molecule has 28 heavy (non-hydrogen) atoms. The molecule has 8 heteroatoms. The molecule has 4 rings (SSSR count). The average molecular weight is 378 g/mol. The standard InChI is InChI=1S/C20H22N6O2/c21-17(27)13-25-11-9-24-19(25)14-4-3-10-26(12-14)20(28)16-6-2-1-5-15(16)18-22-7-8-23-18/h1-2,5-9,11,14H,3-4,10,12-13H2,(H2,21,27)(H,22,23). The van der Waals surface area contributed by atoms with Gasteiger partial charge in [0.1, 0.15) is 18.2 Å². The van der Waals surface area contributed by atoms with Crippen molar-refractivity contribution in [3.05, 3.63) is 60.4 Å². The van der Waals surface area contributed by atoms with E-state index in [1.165, 1.54) is 0 Å². The van der Waals surface area contributed by atoms with Crippen LogP contribution in [0.2, 0.25) is 0 Å². The highest BCUT2D eigenvalue weighted by atomic mass is 16.2. The summed E-state index contributed by atoms with van der Waals surface area (Å²) >= 11 is 0. The Morgan fingerprint density at radius 3 is 2.86 bits per heavy atom. The minimum atomic E-state index is -0.407. The van der Waals surface area contributed by atoms with E-state index in [-0.39, 0.29) is 18.4 Å². The summed E-state index contributed by atoms with van der Waals surface area (Å²) in [5, 5.41) is 0. The van der Waals surface area contributed by atoms with Crippen LogP contribution in [0.1, 0.15) is 34.9 Å². The molecule has 3 heterocycles. The molecule has 1 aliphatic heterocycles. The third kappa shape index (κ3) is 3.53. The molecule has 0 aliphatic carbocycles. The van der Waals surface area contributed by atoms with Gasteiger partial charge in [-0.15, -0.1) is 0 Å². The van der Waals surface area contributed by atoms with E-state index in [9.17, 15) is 9.59 Å². The highest BCUT2D eigenvalue weighted by Gasteiger charge is 2.29. The monoisotopic (exact) mass is 378 g/mol. The maximum atomic E-state index is 13.3. The summed E-state index contributed by atoms with van der Waals surface area (Å²) in [5.41, 5.74) is 6.75. The number of amides is 2. The first kappa shape index (κ1) is 18.0. The summed E-state index contributed by atoms with van der Waals surface area (Å²) in [6.07, 6.45) is 8.64. The van der Waals surface area contributed by atoms with Crippen molar-refractivity contribution in [3.63, 3.8) is 0 Å². The molecular formula is C20H22N6O2. The first-order chi connectivity index (χ1) is 13.6. The summed E-state index contributed by atoms with van der Waals surface area (Å²) in [6.45, 7) is 1.35. The fourth-order valence-corrected chi connectivity index (χ4v) is 3.81. The molecule has 2 aromatic heterocycles. The number of carbonyl (C=O) groups excluding carboxylic acids is 2. The number of primary amides is 1. The summed E-state index contributed by atoms with van der Waals surface area (Å²) in [7, 11) is 0. The summed E-state index contributed by atoms with van der Waals surface area (Å²) in [4.78, 5) is 38.2. The van der Waals surface area contributed by atoms with Gasteiger partial charge >= 0.3 is 0 Å². The van der Waals surface area contributed by atoms with Gasteiger partial charge in [0.15, 0.2) is 0 Å². The molecule has 144 valence electrons. The van der Waals surface area contributed by atoms with Crippen LogP contribution in [0.25, 0.3) is 11.4 Å². The molecule has 3 N–H and O–H groups in total. The van der Waals surface area contributed by atoms with Crippen LogP contribution in [0.3, 0.4) is 0 Å². The van der Waals surface area contributed by atoms with Gasteiger partial charge in [-0.05, 0) is 18.9 Å². The molecule has 1 aromatic carbocycles. The molecule has 8 nitrogen and oxygen atoms in total. The number of carbonyl (C=O) groups is 2. The highest BCUT2D eigenvalue weighted by molar-refractivity contribution is 6.00. The van der Waals surface area contributed by atoms with Crippen LogP contribution in [0.4, 0.5) is 0 Å². The number of piperidine rings is 1. The number of nitrogens with one attached hydrogen (secondary N) is 1. The fourth-order valence-electron chi connectivity index (χ4n) is 3.81. The molecule has 0 radical (unpaired) electrons. The maximum Gasteiger partial charge on any atom is 0.254 e. The van der Waals surface area contributed by atoms with Gasteiger partial charge in [0.05, 0.1) is 5.56 Å². The van der Waals surface area contributed by atoms with Crippen molar-refractivity contribution >= 4 is 11.8 Å². The first-order valence-corrected chi connectivity index (χ1v) is 9.31. The second-order valence-electron chi connectivity index (χ2n) is 6.95. The summed E-state index contributed by atoms with van der Waals surface area (Å²) < 4.78 is 1.78. The zero-order valence-corrected chi connectivity index (χ0v) is 15.4. The maximum absolute atomic E-state index is 13.3.